The molecule has 7 nitrogen and oxygen atoms in total. The van der Waals surface area contributed by atoms with E-state index in [1.807, 2.05) is 0 Å². The van der Waals surface area contributed by atoms with Crippen molar-refractivity contribution >= 4 is 27.6 Å². The van der Waals surface area contributed by atoms with Gasteiger partial charge in [-0.3, -0.25) is 0 Å². The minimum atomic E-state index is -3.88. The number of carbonyl (C=O) groups is 1. The van der Waals surface area contributed by atoms with Gasteiger partial charge in [-0.1, -0.05) is 11.6 Å². The number of imidazole rings is 1. The summed E-state index contributed by atoms with van der Waals surface area (Å²) in [6, 6.07) is 3.64. The van der Waals surface area contributed by atoms with Crippen LogP contribution in [0, 0.1) is 0 Å². The van der Waals surface area contributed by atoms with Gasteiger partial charge in [0.25, 0.3) is 0 Å². The van der Waals surface area contributed by atoms with Gasteiger partial charge in [0.2, 0.25) is 10.0 Å². The number of halogens is 1. The van der Waals surface area contributed by atoms with Gasteiger partial charge in [-0.2, -0.15) is 4.31 Å². The van der Waals surface area contributed by atoms with E-state index in [0.29, 0.717) is 6.42 Å². The highest BCUT2D eigenvalue weighted by atomic mass is 35.5. The molecule has 2 aromatic rings. The van der Waals surface area contributed by atoms with Gasteiger partial charge in [0.15, 0.2) is 0 Å². The van der Waals surface area contributed by atoms with Gasteiger partial charge in [0.05, 0.1) is 34.8 Å². The quantitative estimate of drug-likeness (QED) is 0.880. The van der Waals surface area contributed by atoms with Crippen LogP contribution in [0.2, 0.25) is 5.02 Å². The molecule has 9 heteroatoms. The maximum atomic E-state index is 12.7. The monoisotopic (exact) mass is 341 g/mol. The molecular formula is C13H12ClN3O4S. The highest BCUT2D eigenvalue weighted by molar-refractivity contribution is 7.89. The molecule has 0 saturated heterocycles. The van der Waals surface area contributed by atoms with E-state index in [1.165, 1.54) is 22.8 Å². The van der Waals surface area contributed by atoms with E-state index in [-0.39, 0.29) is 28.6 Å². The van der Waals surface area contributed by atoms with Crippen LogP contribution in [0.4, 0.5) is 0 Å². The molecule has 0 unspecified atom stereocenters. The Kier molecular flexibility index (Phi) is 3.67. The standard InChI is InChI=1S/C13H12ClN3O4S/c14-9-2-1-8(13(18)19)5-12(9)22(20,21)17-4-3-10-11(6-17)16-7-15-10/h1-2,5,7H,3-4,6H2,(H,15,16)(H,18,19). The van der Waals surface area contributed by atoms with Crippen LogP contribution in [0.25, 0.3) is 0 Å². The number of nitrogens with zero attached hydrogens (tertiary/aromatic N) is 2. The number of hydrogen-bond donors (Lipinski definition) is 2. The number of benzene rings is 1. The van der Waals surface area contributed by atoms with Crippen molar-refractivity contribution in [1.82, 2.24) is 14.3 Å². The maximum Gasteiger partial charge on any atom is 0.335 e. The Bertz CT molecular complexity index is 847. The zero-order valence-electron chi connectivity index (χ0n) is 11.3. The van der Waals surface area contributed by atoms with Crippen LogP contribution in [0.5, 0.6) is 0 Å². The summed E-state index contributed by atoms with van der Waals surface area (Å²) in [5, 5.41) is 9.01. The number of nitrogens with one attached hydrogen (secondary N) is 1. The highest BCUT2D eigenvalue weighted by Crippen LogP contribution is 2.28. The molecular weight excluding hydrogens is 330 g/mol. The third-order valence-electron chi connectivity index (χ3n) is 3.54. The molecule has 1 aliphatic heterocycles. The molecule has 0 spiro atoms. The number of carboxylic acid groups (broad SMARTS) is 1. The summed E-state index contributed by atoms with van der Waals surface area (Å²) < 4.78 is 26.7. The summed E-state index contributed by atoms with van der Waals surface area (Å²) in [6.45, 7) is 0.430. The minimum Gasteiger partial charge on any atom is -0.478 e. The second-order valence-corrected chi connectivity index (χ2v) is 7.18. The number of H-pyrrole nitrogens is 1. The van der Waals surface area contributed by atoms with Crippen molar-refractivity contribution < 1.29 is 18.3 Å². The summed E-state index contributed by atoms with van der Waals surface area (Å²) >= 11 is 5.96. The average molecular weight is 342 g/mol. The third-order valence-corrected chi connectivity index (χ3v) is 5.86. The molecule has 116 valence electrons. The van der Waals surface area contributed by atoms with E-state index in [0.717, 1.165) is 17.5 Å². The molecule has 0 amide bonds. The first-order valence-corrected chi connectivity index (χ1v) is 8.25. The van der Waals surface area contributed by atoms with Gasteiger partial charge >= 0.3 is 5.97 Å². The fourth-order valence-corrected chi connectivity index (χ4v) is 4.28. The normalized spacial score (nSPS) is 15.5. The lowest BCUT2D eigenvalue weighted by atomic mass is 10.2. The van der Waals surface area contributed by atoms with Crippen LogP contribution < -0.4 is 0 Å². The van der Waals surface area contributed by atoms with Crippen molar-refractivity contribution in [2.24, 2.45) is 0 Å². The first-order valence-electron chi connectivity index (χ1n) is 6.43. The zero-order chi connectivity index (χ0) is 15.9. The Morgan fingerprint density at radius 2 is 2.18 bits per heavy atom. The number of aromatic amines is 1. The lowest BCUT2D eigenvalue weighted by Crippen LogP contribution is -2.36. The van der Waals surface area contributed by atoms with Crippen molar-refractivity contribution in [3.63, 3.8) is 0 Å². The van der Waals surface area contributed by atoms with E-state index in [4.69, 9.17) is 16.7 Å². The Morgan fingerprint density at radius 1 is 1.41 bits per heavy atom. The molecule has 22 heavy (non-hydrogen) atoms. The molecule has 0 radical (unpaired) electrons. The van der Waals surface area contributed by atoms with E-state index in [2.05, 4.69) is 9.97 Å². The fourth-order valence-electron chi connectivity index (χ4n) is 2.37. The summed E-state index contributed by atoms with van der Waals surface area (Å²) in [6.07, 6.45) is 2.02. The van der Waals surface area contributed by atoms with Crippen molar-refractivity contribution in [3.05, 3.63) is 46.5 Å². The second-order valence-electron chi connectivity index (χ2n) is 4.87. The molecule has 0 aliphatic carbocycles. The number of aromatic nitrogens is 2. The van der Waals surface area contributed by atoms with E-state index in [1.54, 1.807) is 0 Å². The molecule has 0 bridgehead atoms. The second kappa shape index (κ2) is 5.38. The Morgan fingerprint density at radius 3 is 2.91 bits per heavy atom. The molecule has 3 rings (SSSR count). The van der Waals surface area contributed by atoms with Gasteiger partial charge in [-0.05, 0) is 18.2 Å². The number of rotatable bonds is 3. The number of fused-ring (bicyclic) bond motifs is 1. The zero-order valence-corrected chi connectivity index (χ0v) is 12.9. The smallest absolute Gasteiger partial charge is 0.335 e. The predicted octanol–water partition coefficient (Wildman–Crippen LogP) is 1.51. The van der Waals surface area contributed by atoms with Gasteiger partial charge in [-0.15, -0.1) is 0 Å². The Labute approximate surface area is 131 Å². The molecule has 1 aliphatic rings. The van der Waals surface area contributed by atoms with Gasteiger partial charge in [-0.25, -0.2) is 18.2 Å². The molecule has 0 saturated carbocycles. The van der Waals surface area contributed by atoms with Crippen molar-refractivity contribution in [1.29, 1.82) is 0 Å². The topological polar surface area (TPSA) is 103 Å². The molecule has 1 aromatic heterocycles. The largest absolute Gasteiger partial charge is 0.478 e. The SMILES string of the molecule is O=C(O)c1ccc(Cl)c(S(=O)(=O)N2CCc3nc[nH]c3C2)c1. The fraction of sp³-hybridized carbons (Fsp3) is 0.231. The van der Waals surface area contributed by atoms with Crippen LogP contribution in [-0.2, 0) is 23.0 Å². The number of carboxylic acids is 1. The van der Waals surface area contributed by atoms with Crippen LogP contribution in [0.3, 0.4) is 0 Å². The predicted molar refractivity (Wildman–Crippen MR) is 78.3 cm³/mol. The summed E-state index contributed by atoms with van der Waals surface area (Å²) in [4.78, 5) is 17.9. The molecule has 2 heterocycles. The Balaban J connectivity index is 2.00. The molecule has 0 atom stereocenters. The summed E-state index contributed by atoms with van der Waals surface area (Å²) in [5.74, 6) is -1.21. The highest BCUT2D eigenvalue weighted by Gasteiger charge is 2.31. The molecule has 2 N–H and O–H groups in total. The van der Waals surface area contributed by atoms with Gasteiger partial charge in [0, 0.05) is 13.0 Å². The number of hydrogen-bond acceptors (Lipinski definition) is 4. The van der Waals surface area contributed by atoms with Crippen LogP contribution in [0.15, 0.2) is 29.4 Å². The average Bonchev–Trinajstić information content (AvgIpc) is 2.94. The van der Waals surface area contributed by atoms with Crippen molar-refractivity contribution in [2.75, 3.05) is 6.54 Å². The Hall–Kier alpha value is -1.90. The van der Waals surface area contributed by atoms with Crippen LogP contribution in [0.1, 0.15) is 21.7 Å². The minimum absolute atomic E-state index is 0.000377. The lowest BCUT2D eigenvalue weighted by Gasteiger charge is -2.26. The third kappa shape index (κ3) is 2.49. The number of sulfonamides is 1. The van der Waals surface area contributed by atoms with Crippen molar-refractivity contribution in [3.8, 4) is 0 Å². The summed E-state index contributed by atoms with van der Waals surface area (Å²) in [7, 11) is -3.88. The van der Waals surface area contributed by atoms with Gasteiger partial charge < -0.3 is 10.1 Å². The maximum absolute atomic E-state index is 12.7. The first-order chi connectivity index (χ1) is 10.4. The van der Waals surface area contributed by atoms with E-state index < -0.39 is 16.0 Å². The van der Waals surface area contributed by atoms with Crippen LogP contribution in [-0.4, -0.2) is 40.3 Å². The van der Waals surface area contributed by atoms with Crippen LogP contribution >= 0.6 is 11.6 Å². The molecule has 0 fully saturated rings. The van der Waals surface area contributed by atoms with Gasteiger partial charge in [0.1, 0.15) is 4.90 Å². The lowest BCUT2D eigenvalue weighted by molar-refractivity contribution is 0.0696. The first kappa shape index (κ1) is 15.0. The summed E-state index contributed by atoms with van der Waals surface area (Å²) in [5.41, 5.74) is 1.46. The van der Waals surface area contributed by atoms with E-state index >= 15 is 0 Å². The number of aromatic carboxylic acids is 1. The molecule has 1 aromatic carbocycles. The van der Waals surface area contributed by atoms with Crippen molar-refractivity contribution in [2.45, 2.75) is 17.9 Å². The van der Waals surface area contributed by atoms with E-state index in [9.17, 15) is 13.2 Å².